The van der Waals surface area contributed by atoms with E-state index in [1.165, 1.54) is 0 Å². The van der Waals surface area contributed by atoms with Crippen LogP contribution in [0.25, 0.3) is 10.6 Å². The van der Waals surface area contributed by atoms with Gasteiger partial charge >= 0.3 is 0 Å². The number of thiazole rings is 1. The second-order valence-corrected chi connectivity index (χ2v) is 7.63. The van der Waals surface area contributed by atoms with Crippen molar-refractivity contribution >= 4 is 29.7 Å². The van der Waals surface area contributed by atoms with E-state index in [0.29, 0.717) is 12.5 Å². The number of nitrogens with two attached hydrogens (primary N) is 1. The molecule has 0 bridgehead atoms. The number of rotatable bonds is 5. The Morgan fingerprint density at radius 3 is 2.76 bits per heavy atom. The number of carbonyl (C=O) groups is 1. The summed E-state index contributed by atoms with van der Waals surface area (Å²) in [6.45, 7) is 4.66. The lowest BCUT2D eigenvalue weighted by Crippen LogP contribution is -2.36. The van der Waals surface area contributed by atoms with Crippen molar-refractivity contribution in [2.24, 2.45) is 17.6 Å². The second-order valence-electron chi connectivity index (χ2n) is 6.60. The standard InChI is InChI=1S/C19H25N3OS.ClH/c1-12(21-18(23)16-10-6-9-15(16)11-20)17-13(2)22-19(24-17)14-7-4-3-5-8-14;/h3-5,7-8,12,15-16H,6,9-11,20H2,1-2H3,(H,21,23);1H/t12?,15-,16-;/m1./s1. The molecule has 1 saturated carbocycles. The van der Waals surface area contributed by atoms with Crippen LogP contribution in [-0.4, -0.2) is 17.4 Å². The van der Waals surface area contributed by atoms with Gasteiger partial charge in [0.1, 0.15) is 5.01 Å². The zero-order valence-corrected chi connectivity index (χ0v) is 16.3. The average Bonchev–Trinajstić information content (AvgIpc) is 3.22. The molecule has 1 aliphatic carbocycles. The quantitative estimate of drug-likeness (QED) is 0.821. The first kappa shape index (κ1) is 19.9. The summed E-state index contributed by atoms with van der Waals surface area (Å²) >= 11 is 1.66. The van der Waals surface area contributed by atoms with Gasteiger partial charge in [-0.2, -0.15) is 0 Å². The van der Waals surface area contributed by atoms with Crippen molar-refractivity contribution in [1.82, 2.24) is 10.3 Å². The van der Waals surface area contributed by atoms with Gasteiger partial charge < -0.3 is 11.1 Å². The Bertz CT molecular complexity index is 704. The van der Waals surface area contributed by atoms with Gasteiger partial charge in [-0.15, -0.1) is 23.7 Å². The van der Waals surface area contributed by atoms with E-state index in [1.54, 1.807) is 11.3 Å². The van der Waals surface area contributed by atoms with Crippen LogP contribution in [0, 0.1) is 18.8 Å². The fourth-order valence-corrected chi connectivity index (χ4v) is 4.64. The van der Waals surface area contributed by atoms with Gasteiger partial charge in [0.15, 0.2) is 0 Å². The molecule has 3 N–H and O–H groups in total. The van der Waals surface area contributed by atoms with Crippen molar-refractivity contribution in [2.45, 2.75) is 39.2 Å². The van der Waals surface area contributed by atoms with E-state index in [9.17, 15) is 4.79 Å². The lowest BCUT2D eigenvalue weighted by Gasteiger charge is -2.20. The first-order valence-electron chi connectivity index (χ1n) is 8.63. The summed E-state index contributed by atoms with van der Waals surface area (Å²) in [6, 6.07) is 10.1. The van der Waals surface area contributed by atoms with Crippen LogP contribution in [0.3, 0.4) is 0 Å². The molecule has 3 rings (SSSR count). The van der Waals surface area contributed by atoms with Crippen LogP contribution in [0.15, 0.2) is 30.3 Å². The molecule has 1 unspecified atom stereocenters. The molecule has 0 spiro atoms. The highest BCUT2D eigenvalue weighted by Gasteiger charge is 2.32. The number of nitrogens with zero attached hydrogens (tertiary/aromatic N) is 1. The molecule has 3 atom stereocenters. The molecule has 1 heterocycles. The van der Waals surface area contributed by atoms with Crippen LogP contribution in [0.2, 0.25) is 0 Å². The van der Waals surface area contributed by atoms with Gasteiger partial charge in [0.05, 0.1) is 16.6 Å². The maximum absolute atomic E-state index is 12.6. The molecule has 2 aromatic rings. The largest absolute Gasteiger partial charge is 0.348 e. The fraction of sp³-hybridized carbons (Fsp3) is 0.474. The maximum atomic E-state index is 12.6. The number of hydrogen-bond acceptors (Lipinski definition) is 4. The minimum atomic E-state index is -0.0218. The Kier molecular flexibility index (Phi) is 6.99. The summed E-state index contributed by atoms with van der Waals surface area (Å²) in [6.07, 6.45) is 3.13. The maximum Gasteiger partial charge on any atom is 0.223 e. The number of amides is 1. The van der Waals surface area contributed by atoms with E-state index in [0.717, 1.165) is 40.4 Å². The molecule has 1 fully saturated rings. The third-order valence-electron chi connectivity index (χ3n) is 4.90. The Morgan fingerprint density at radius 1 is 1.36 bits per heavy atom. The van der Waals surface area contributed by atoms with E-state index in [-0.39, 0.29) is 30.3 Å². The van der Waals surface area contributed by atoms with E-state index in [2.05, 4.69) is 22.4 Å². The minimum absolute atomic E-state index is 0. The van der Waals surface area contributed by atoms with Crippen LogP contribution in [0.4, 0.5) is 0 Å². The van der Waals surface area contributed by atoms with Gasteiger partial charge in [0, 0.05) is 11.5 Å². The summed E-state index contributed by atoms with van der Waals surface area (Å²) < 4.78 is 0. The summed E-state index contributed by atoms with van der Waals surface area (Å²) in [5.41, 5.74) is 7.92. The smallest absolute Gasteiger partial charge is 0.223 e. The summed E-state index contributed by atoms with van der Waals surface area (Å²) in [4.78, 5) is 18.4. The number of benzene rings is 1. The Morgan fingerprint density at radius 2 is 2.08 bits per heavy atom. The van der Waals surface area contributed by atoms with E-state index < -0.39 is 0 Å². The predicted molar refractivity (Wildman–Crippen MR) is 106 cm³/mol. The Hall–Kier alpha value is -1.43. The van der Waals surface area contributed by atoms with Crippen molar-refractivity contribution in [3.8, 4) is 10.6 Å². The normalized spacial score (nSPS) is 20.8. The second kappa shape index (κ2) is 8.79. The molecule has 136 valence electrons. The van der Waals surface area contributed by atoms with Gasteiger partial charge in [-0.05, 0) is 39.2 Å². The molecule has 1 aliphatic rings. The molecule has 0 aliphatic heterocycles. The highest BCUT2D eigenvalue weighted by Crippen LogP contribution is 2.34. The summed E-state index contributed by atoms with van der Waals surface area (Å²) in [7, 11) is 0. The fourth-order valence-electron chi connectivity index (χ4n) is 3.56. The van der Waals surface area contributed by atoms with Crippen LogP contribution in [0.1, 0.15) is 42.8 Å². The van der Waals surface area contributed by atoms with Crippen LogP contribution in [0.5, 0.6) is 0 Å². The Balaban J connectivity index is 0.00000225. The third-order valence-corrected chi connectivity index (χ3v) is 6.29. The van der Waals surface area contributed by atoms with Crippen molar-refractivity contribution in [3.63, 3.8) is 0 Å². The SMILES string of the molecule is Cc1nc(-c2ccccc2)sc1C(C)NC(=O)[C@@H]1CCC[C@@H]1CN.Cl. The molecule has 1 aromatic carbocycles. The number of hydrogen-bond donors (Lipinski definition) is 2. The van der Waals surface area contributed by atoms with Gasteiger partial charge in [0.25, 0.3) is 0 Å². The Labute approximate surface area is 159 Å². The molecular formula is C19H26ClN3OS. The lowest BCUT2D eigenvalue weighted by atomic mass is 9.95. The minimum Gasteiger partial charge on any atom is -0.348 e. The highest BCUT2D eigenvalue weighted by atomic mass is 35.5. The number of carbonyl (C=O) groups excluding carboxylic acids is 1. The predicted octanol–water partition coefficient (Wildman–Crippen LogP) is 4.09. The molecule has 1 amide bonds. The molecule has 1 aromatic heterocycles. The molecular weight excluding hydrogens is 354 g/mol. The monoisotopic (exact) mass is 379 g/mol. The van der Waals surface area contributed by atoms with Crippen molar-refractivity contribution < 1.29 is 4.79 Å². The van der Waals surface area contributed by atoms with Gasteiger partial charge in [-0.3, -0.25) is 4.79 Å². The molecule has 0 radical (unpaired) electrons. The van der Waals surface area contributed by atoms with Crippen LogP contribution < -0.4 is 11.1 Å². The topological polar surface area (TPSA) is 68.0 Å². The molecule has 0 saturated heterocycles. The molecule has 6 heteroatoms. The first-order valence-corrected chi connectivity index (χ1v) is 9.45. The van der Waals surface area contributed by atoms with Gasteiger partial charge in [0.2, 0.25) is 5.91 Å². The van der Waals surface area contributed by atoms with Gasteiger partial charge in [-0.1, -0.05) is 36.8 Å². The van der Waals surface area contributed by atoms with E-state index >= 15 is 0 Å². The zero-order chi connectivity index (χ0) is 17.1. The first-order chi connectivity index (χ1) is 11.6. The zero-order valence-electron chi connectivity index (χ0n) is 14.7. The molecule has 4 nitrogen and oxygen atoms in total. The summed E-state index contributed by atoms with van der Waals surface area (Å²) in [5.74, 6) is 0.545. The summed E-state index contributed by atoms with van der Waals surface area (Å²) in [5, 5.41) is 4.19. The van der Waals surface area contributed by atoms with Gasteiger partial charge in [-0.25, -0.2) is 4.98 Å². The van der Waals surface area contributed by atoms with Crippen LogP contribution >= 0.6 is 23.7 Å². The molecule has 25 heavy (non-hydrogen) atoms. The number of aromatic nitrogens is 1. The lowest BCUT2D eigenvalue weighted by molar-refractivity contribution is -0.126. The average molecular weight is 380 g/mol. The van der Waals surface area contributed by atoms with E-state index in [1.807, 2.05) is 32.0 Å². The van der Waals surface area contributed by atoms with Crippen LogP contribution in [-0.2, 0) is 4.79 Å². The number of halogens is 1. The van der Waals surface area contributed by atoms with E-state index in [4.69, 9.17) is 5.73 Å². The highest BCUT2D eigenvalue weighted by molar-refractivity contribution is 7.15. The number of aryl methyl sites for hydroxylation is 1. The van der Waals surface area contributed by atoms with Crippen molar-refractivity contribution in [2.75, 3.05) is 6.54 Å². The number of nitrogens with one attached hydrogen (secondary N) is 1. The van der Waals surface area contributed by atoms with Crippen molar-refractivity contribution in [1.29, 1.82) is 0 Å². The van der Waals surface area contributed by atoms with Crippen molar-refractivity contribution in [3.05, 3.63) is 40.9 Å². The third kappa shape index (κ3) is 4.40.